The number of hydrogen-bond donors (Lipinski definition) is 1. The van der Waals surface area contributed by atoms with Gasteiger partial charge in [-0.25, -0.2) is 4.39 Å². The lowest BCUT2D eigenvalue weighted by Gasteiger charge is -2.04. The van der Waals surface area contributed by atoms with E-state index in [1.807, 2.05) is 0 Å². The van der Waals surface area contributed by atoms with Gasteiger partial charge in [0.2, 0.25) is 0 Å². The topological polar surface area (TPSA) is 69.4 Å². The van der Waals surface area contributed by atoms with E-state index in [2.05, 4.69) is 0 Å². The van der Waals surface area contributed by atoms with E-state index in [4.69, 9.17) is 10.5 Å². The molecular weight excluding hydrogens is 261 g/mol. The molecule has 4 nitrogen and oxygen atoms in total. The number of carbonyl (C=O) groups excluding carboxylic acids is 2. The average molecular weight is 276 g/mol. The van der Waals surface area contributed by atoms with Crippen molar-refractivity contribution in [1.29, 1.82) is 0 Å². The number of halogens is 2. The van der Waals surface area contributed by atoms with E-state index in [1.54, 1.807) is 6.07 Å². The Hall–Kier alpha value is -1.46. The van der Waals surface area contributed by atoms with Crippen LogP contribution in [0.5, 0.6) is 0 Å². The first-order valence-corrected chi connectivity index (χ1v) is 5.23. The molecule has 0 fully saturated rings. The van der Waals surface area contributed by atoms with E-state index in [1.165, 1.54) is 18.2 Å². The maximum absolute atomic E-state index is 12.8. The molecule has 0 saturated heterocycles. The summed E-state index contributed by atoms with van der Waals surface area (Å²) in [5, 5.41) is 0. The predicted molar refractivity (Wildman–Crippen MR) is 66.7 cm³/mol. The molecule has 0 heterocycles. The van der Waals surface area contributed by atoms with Gasteiger partial charge < -0.3 is 10.5 Å². The molecule has 0 atom stereocenters. The summed E-state index contributed by atoms with van der Waals surface area (Å²) < 4.78 is 17.7. The Morgan fingerprint density at radius 3 is 2.61 bits per heavy atom. The summed E-state index contributed by atoms with van der Waals surface area (Å²) in [7, 11) is 0. The first-order valence-electron chi connectivity index (χ1n) is 5.23. The van der Waals surface area contributed by atoms with Gasteiger partial charge in [-0.15, -0.1) is 12.4 Å². The van der Waals surface area contributed by atoms with Gasteiger partial charge in [-0.1, -0.05) is 12.1 Å². The molecule has 1 aromatic carbocycles. The molecule has 0 radical (unpaired) electrons. The average Bonchev–Trinajstić information content (AvgIpc) is 2.33. The lowest BCUT2D eigenvalue weighted by atomic mass is 10.2. The third-order valence-electron chi connectivity index (χ3n) is 2.12. The highest BCUT2D eigenvalue weighted by molar-refractivity contribution is 5.85. The van der Waals surface area contributed by atoms with E-state index in [0.29, 0.717) is 5.56 Å². The molecular formula is C12H15ClFNO3. The largest absolute Gasteiger partial charge is 0.461 e. The zero-order valence-corrected chi connectivity index (χ0v) is 10.5. The van der Waals surface area contributed by atoms with Crippen LogP contribution in [0.3, 0.4) is 0 Å². The Morgan fingerprint density at radius 1 is 1.28 bits per heavy atom. The summed E-state index contributed by atoms with van der Waals surface area (Å²) in [6.07, 6.45) is 0.0871. The minimum absolute atomic E-state index is 0. The number of ketones is 1. The van der Waals surface area contributed by atoms with Crippen LogP contribution in [0.25, 0.3) is 0 Å². The van der Waals surface area contributed by atoms with Crippen molar-refractivity contribution in [3.63, 3.8) is 0 Å². The fourth-order valence-electron chi connectivity index (χ4n) is 1.21. The highest BCUT2D eigenvalue weighted by Gasteiger charge is 2.07. The molecule has 0 aromatic heterocycles. The van der Waals surface area contributed by atoms with Crippen LogP contribution >= 0.6 is 12.4 Å². The number of carbonyl (C=O) groups is 2. The quantitative estimate of drug-likeness (QED) is 0.801. The highest BCUT2D eigenvalue weighted by atomic mass is 35.5. The normalized spacial score (nSPS) is 9.44. The Labute approximate surface area is 111 Å². The zero-order chi connectivity index (χ0) is 12.7. The minimum atomic E-state index is -0.490. The van der Waals surface area contributed by atoms with Gasteiger partial charge in [0.05, 0.1) is 13.0 Å². The Bertz CT molecular complexity index is 412. The predicted octanol–water partition coefficient (Wildman–Crippen LogP) is 1.60. The summed E-state index contributed by atoms with van der Waals surface area (Å²) in [6.45, 7) is -0.0649. The molecule has 0 aliphatic rings. The summed E-state index contributed by atoms with van der Waals surface area (Å²) in [6, 6.07) is 5.79. The smallest absolute Gasteiger partial charge is 0.306 e. The Balaban J connectivity index is 0.00000289. The third-order valence-corrected chi connectivity index (χ3v) is 2.12. The maximum Gasteiger partial charge on any atom is 0.306 e. The monoisotopic (exact) mass is 275 g/mol. The Morgan fingerprint density at radius 2 is 2.00 bits per heavy atom. The highest BCUT2D eigenvalue weighted by Crippen LogP contribution is 2.06. The second-order valence-electron chi connectivity index (χ2n) is 3.53. The molecule has 1 rings (SSSR count). The van der Waals surface area contributed by atoms with E-state index in [-0.39, 0.29) is 50.0 Å². The maximum atomic E-state index is 12.8. The van der Waals surface area contributed by atoms with E-state index in [0.717, 1.165) is 0 Å². The SMILES string of the molecule is Cl.NCC(=O)CCC(=O)OCc1cccc(F)c1. The van der Waals surface area contributed by atoms with Crippen LogP contribution in [0.2, 0.25) is 0 Å². The van der Waals surface area contributed by atoms with Gasteiger partial charge in [-0.05, 0) is 17.7 Å². The van der Waals surface area contributed by atoms with Crippen molar-refractivity contribution in [3.05, 3.63) is 35.6 Å². The summed E-state index contributed by atoms with van der Waals surface area (Å²) in [4.78, 5) is 22.1. The second-order valence-corrected chi connectivity index (χ2v) is 3.53. The number of ether oxygens (including phenoxy) is 1. The van der Waals surface area contributed by atoms with Gasteiger partial charge in [-0.2, -0.15) is 0 Å². The number of nitrogens with two attached hydrogens (primary N) is 1. The number of rotatable bonds is 6. The fraction of sp³-hybridized carbons (Fsp3) is 0.333. The number of benzene rings is 1. The van der Waals surface area contributed by atoms with Crippen molar-refractivity contribution < 1.29 is 18.7 Å². The molecule has 6 heteroatoms. The first-order chi connectivity index (χ1) is 8.11. The fourth-order valence-corrected chi connectivity index (χ4v) is 1.21. The molecule has 0 spiro atoms. The second kappa shape index (κ2) is 8.60. The zero-order valence-electron chi connectivity index (χ0n) is 9.73. The number of hydrogen-bond acceptors (Lipinski definition) is 4. The summed E-state index contributed by atoms with van der Waals surface area (Å²) in [5.41, 5.74) is 5.67. The van der Waals surface area contributed by atoms with Crippen LogP contribution in [0.15, 0.2) is 24.3 Å². The van der Waals surface area contributed by atoms with Crippen molar-refractivity contribution >= 4 is 24.2 Å². The summed E-state index contributed by atoms with van der Waals surface area (Å²) >= 11 is 0. The molecule has 0 saturated carbocycles. The van der Waals surface area contributed by atoms with Gasteiger partial charge >= 0.3 is 5.97 Å². The van der Waals surface area contributed by atoms with Gasteiger partial charge in [-0.3, -0.25) is 9.59 Å². The van der Waals surface area contributed by atoms with Gasteiger partial charge in [0.1, 0.15) is 18.2 Å². The van der Waals surface area contributed by atoms with Crippen LogP contribution in [-0.4, -0.2) is 18.3 Å². The van der Waals surface area contributed by atoms with Crippen LogP contribution in [-0.2, 0) is 20.9 Å². The van der Waals surface area contributed by atoms with Crippen molar-refractivity contribution in [1.82, 2.24) is 0 Å². The number of Topliss-reactive ketones (excluding diaryl/α,β-unsaturated/α-hetero) is 1. The van der Waals surface area contributed by atoms with E-state index >= 15 is 0 Å². The van der Waals surface area contributed by atoms with Crippen LogP contribution in [0.4, 0.5) is 4.39 Å². The van der Waals surface area contributed by atoms with Crippen molar-refractivity contribution in [2.24, 2.45) is 5.73 Å². The molecule has 0 bridgehead atoms. The summed E-state index contributed by atoms with van der Waals surface area (Å²) in [5.74, 6) is -1.05. The third kappa shape index (κ3) is 6.32. The first kappa shape index (κ1) is 16.5. The van der Waals surface area contributed by atoms with Crippen LogP contribution in [0.1, 0.15) is 18.4 Å². The molecule has 0 aliphatic carbocycles. The van der Waals surface area contributed by atoms with Crippen molar-refractivity contribution in [2.75, 3.05) is 6.54 Å². The molecule has 100 valence electrons. The molecule has 0 unspecified atom stereocenters. The minimum Gasteiger partial charge on any atom is -0.461 e. The molecule has 2 N–H and O–H groups in total. The van der Waals surface area contributed by atoms with Crippen molar-refractivity contribution in [2.45, 2.75) is 19.4 Å². The van der Waals surface area contributed by atoms with Crippen molar-refractivity contribution in [3.8, 4) is 0 Å². The molecule has 0 amide bonds. The van der Waals surface area contributed by atoms with Gasteiger partial charge in [0, 0.05) is 6.42 Å². The van der Waals surface area contributed by atoms with Gasteiger partial charge in [0.25, 0.3) is 0 Å². The standard InChI is InChI=1S/C12H14FNO3.ClH/c13-10-3-1-2-9(6-10)8-17-12(16)5-4-11(15)7-14;/h1-3,6H,4-5,7-8,14H2;1H. The molecule has 18 heavy (non-hydrogen) atoms. The lowest BCUT2D eigenvalue weighted by molar-refractivity contribution is -0.146. The molecule has 1 aromatic rings. The van der Waals surface area contributed by atoms with Gasteiger partial charge in [0.15, 0.2) is 0 Å². The van der Waals surface area contributed by atoms with Crippen LogP contribution < -0.4 is 5.73 Å². The lowest BCUT2D eigenvalue weighted by Crippen LogP contribution is -2.15. The van der Waals surface area contributed by atoms with E-state index < -0.39 is 5.97 Å². The molecule has 0 aliphatic heterocycles. The number of esters is 1. The van der Waals surface area contributed by atoms with E-state index in [9.17, 15) is 14.0 Å². The van der Waals surface area contributed by atoms with Crippen LogP contribution in [0, 0.1) is 5.82 Å². The Kier molecular flexibility index (Phi) is 7.91.